The van der Waals surface area contributed by atoms with Crippen LogP contribution in [0.3, 0.4) is 0 Å². The number of methoxy groups -OCH3 is 3. The minimum absolute atomic E-state index is 0.175. The third-order valence-electron chi connectivity index (χ3n) is 2.14. The number of ether oxygens (including phenoxy) is 3. The van der Waals surface area contributed by atoms with Gasteiger partial charge in [-0.3, -0.25) is 4.79 Å². The molecule has 0 saturated heterocycles. The van der Waals surface area contributed by atoms with Crippen LogP contribution in [0.2, 0.25) is 0 Å². The molecule has 0 radical (unpaired) electrons. The minimum atomic E-state index is -0.524. The molecule has 0 heterocycles. The Bertz CT molecular complexity index is 453. The van der Waals surface area contributed by atoms with Crippen molar-refractivity contribution in [3.8, 4) is 17.2 Å². The van der Waals surface area contributed by atoms with Crippen LogP contribution in [0.1, 0.15) is 10.4 Å². The molecule has 0 unspecified atom stereocenters. The lowest BCUT2D eigenvalue weighted by Gasteiger charge is -2.11. The van der Waals surface area contributed by atoms with E-state index in [1.807, 2.05) is 0 Å². The zero-order valence-corrected chi connectivity index (χ0v) is 9.76. The van der Waals surface area contributed by atoms with E-state index >= 15 is 0 Å². The van der Waals surface area contributed by atoms with E-state index in [2.05, 4.69) is 4.79 Å². The van der Waals surface area contributed by atoms with Crippen LogP contribution in [-0.2, 0) is 0 Å². The van der Waals surface area contributed by atoms with Crippen molar-refractivity contribution in [1.29, 1.82) is 0 Å². The summed E-state index contributed by atoms with van der Waals surface area (Å²) in [5.74, 6) is 0.539. The maximum Gasteiger partial charge on any atom is 0.328 e. The van der Waals surface area contributed by atoms with Gasteiger partial charge in [-0.15, -0.1) is 0 Å². The summed E-state index contributed by atoms with van der Waals surface area (Å²) in [4.78, 5) is 14.4. The van der Waals surface area contributed by atoms with E-state index in [1.54, 1.807) is 12.1 Å². The molecule has 6 nitrogen and oxygen atoms in total. The lowest BCUT2D eigenvalue weighted by Crippen LogP contribution is -2.07. The molecule has 0 aliphatic rings. The van der Waals surface area contributed by atoms with Crippen LogP contribution in [0.25, 0.3) is 5.53 Å². The van der Waals surface area contributed by atoms with E-state index in [4.69, 9.17) is 19.7 Å². The fraction of sp³-hybridized carbons (Fsp3) is 0.273. The zero-order valence-electron chi connectivity index (χ0n) is 9.76. The second kappa shape index (κ2) is 5.67. The number of rotatable bonds is 5. The zero-order chi connectivity index (χ0) is 12.8. The Balaban J connectivity index is 3.44. The van der Waals surface area contributed by atoms with Crippen LogP contribution in [0.4, 0.5) is 0 Å². The summed E-state index contributed by atoms with van der Waals surface area (Å²) in [6.07, 6.45) is 0.771. The van der Waals surface area contributed by atoms with E-state index in [0.29, 0.717) is 5.75 Å². The summed E-state index contributed by atoms with van der Waals surface area (Å²) in [7, 11) is 4.33. The van der Waals surface area contributed by atoms with Crippen LogP contribution in [0, 0.1) is 0 Å². The molecule has 0 spiro atoms. The van der Waals surface area contributed by atoms with E-state index in [9.17, 15) is 4.79 Å². The van der Waals surface area contributed by atoms with Gasteiger partial charge in [-0.25, -0.2) is 0 Å². The molecule has 1 aromatic rings. The Morgan fingerprint density at radius 2 is 1.71 bits per heavy atom. The van der Waals surface area contributed by atoms with Gasteiger partial charge < -0.3 is 19.7 Å². The molecule has 90 valence electrons. The summed E-state index contributed by atoms with van der Waals surface area (Å²) in [5, 5.41) is 0. The number of carbonyl (C=O) groups excluding carboxylic acids is 1. The molecule has 0 amide bonds. The number of benzene rings is 1. The van der Waals surface area contributed by atoms with Crippen molar-refractivity contribution in [3.05, 3.63) is 23.2 Å². The van der Waals surface area contributed by atoms with Gasteiger partial charge in [0.25, 0.3) is 5.78 Å². The lowest BCUT2D eigenvalue weighted by atomic mass is 10.1. The fourth-order valence-electron chi connectivity index (χ4n) is 1.37. The Kier molecular flexibility index (Phi) is 4.25. The first-order valence-corrected chi connectivity index (χ1v) is 4.69. The maximum atomic E-state index is 11.7. The van der Waals surface area contributed by atoms with Crippen molar-refractivity contribution >= 4 is 12.0 Å². The monoisotopic (exact) mass is 236 g/mol. The molecule has 0 fully saturated rings. The largest absolute Gasteiger partial charge is 0.496 e. The Hall–Kier alpha value is -2.33. The Morgan fingerprint density at radius 3 is 2.06 bits per heavy atom. The van der Waals surface area contributed by atoms with Gasteiger partial charge >= 0.3 is 6.21 Å². The van der Waals surface area contributed by atoms with Crippen LogP contribution >= 0.6 is 0 Å². The maximum absolute atomic E-state index is 11.7. The van der Waals surface area contributed by atoms with E-state index in [-0.39, 0.29) is 17.1 Å². The normalized spacial score (nSPS) is 9.12. The molecule has 0 bridgehead atoms. The van der Waals surface area contributed by atoms with Crippen molar-refractivity contribution in [2.45, 2.75) is 0 Å². The highest BCUT2D eigenvalue weighted by molar-refractivity contribution is 6.35. The highest BCUT2D eigenvalue weighted by Crippen LogP contribution is 2.33. The summed E-state index contributed by atoms with van der Waals surface area (Å²) >= 11 is 0. The molecule has 1 rings (SSSR count). The lowest BCUT2D eigenvalue weighted by molar-refractivity contribution is 0.00228. The molecule has 6 heteroatoms. The van der Waals surface area contributed by atoms with Gasteiger partial charge in [-0.2, -0.15) is 4.79 Å². The summed E-state index contributed by atoms with van der Waals surface area (Å²) in [6, 6.07) is 3.09. The van der Waals surface area contributed by atoms with Crippen LogP contribution in [0.15, 0.2) is 12.1 Å². The average molecular weight is 236 g/mol. The Morgan fingerprint density at radius 1 is 1.18 bits per heavy atom. The average Bonchev–Trinajstić information content (AvgIpc) is 2.37. The van der Waals surface area contributed by atoms with E-state index < -0.39 is 5.78 Å². The third-order valence-corrected chi connectivity index (χ3v) is 2.14. The van der Waals surface area contributed by atoms with Crippen molar-refractivity contribution in [1.82, 2.24) is 0 Å². The van der Waals surface area contributed by atoms with E-state index in [0.717, 1.165) is 6.21 Å². The van der Waals surface area contributed by atoms with Gasteiger partial charge in [-0.05, 0) is 0 Å². The summed E-state index contributed by atoms with van der Waals surface area (Å²) < 4.78 is 15.2. The van der Waals surface area contributed by atoms with Gasteiger partial charge in [0.05, 0.1) is 21.3 Å². The minimum Gasteiger partial charge on any atom is -0.496 e. The molecular weight excluding hydrogens is 224 g/mol. The second-order valence-corrected chi connectivity index (χ2v) is 3.02. The molecule has 0 aliphatic heterocycles. The molecule has 0 N–H and O–H groups in total. The van der Waals surface area contributed by atoms with Crippen LogP contribution < -0.4 is 14.2 Å². The Labute approximate surface area is 98.3 Å². The van der Waals surface area contributed by atoms with Crippen molar-refractivity contribution < 1.29 is 23.8 Å². The first-order valence-electron chi connectivity index (χ1n) is 4.69. The van der Waals surface area contributed by atoms with Crippen molar-refractivity contribution in [2.75, 3.05) is 21.3 Å². The van der Waals surface area contributed by atoms with Gasteiger partial charge in [-0.1, -0.05) is 0 Å². The number of Topliss-reactive ketones (excluding diaryl/α,β-unsaturated/α-hetero) is 1. The first kappa shape index (κ1) is 12.7. The number of carbonyl (C=O) groups is 1. The van der Waals surface area contributed by atoms with Gasteiger partial charge in [0, 0.05) is 12.1 Å². The molecule has 0 aliphatic carbocycles. The third kappa shape index (κ3) is 2.62. The van der Waals surface area contributed by atoms with Crippen LogP contribution in [-0.4, -0.2) is 38.1 Å². The van der Waals surface area contributed by atoms with Crippen molar-refractivity contribution in [2.24, 2.45) is 0 Å². The predicted octanol–water partition coefficient (Wildman–Crippen LogP) is 1.20. The molecular formula is C11H12N2O4. The molecule has 0 saturated carbocycles. The standard InChI is InChI=1S/C11H12N2O4/c1-15-7-4-9(16-2)11(8(14)6-13-12)10(5-7)17-3/h4-6H,1-3H3. The van der Waals surface area contributed by atoms with Gasteiger partial charge in [0.2, 0.25) is 0 Å². The smallest absolute Gasteiger partial charge is 0.328 e. The number of hydrogen-bond acceptors (Lipinski definition) is 4. The second-order valence-electron chi connectivity index (χ2n) is 3.02. The molecule has 0 aromatic heterocycles. The van der Waals surface area contributed by atoms with Gasteiger partial charge in [0.15, 0.2) is 0 Å². The topological polar surface area (TPSA) is 81.2 Å². The molecule has 1 aromatic carbocycles. The number of hydrogen-bond donors (Lipinski definition) is 0. The van der Waals surface area contributed by atoms with Gasteiger partial charge in [0.1, 0.15) is 22.8 Å². The highest BCUT2D eigenvalue weighted by atomic mass is 16.5. The molecule has 0 atom stereocenters. The van der Waals surface area contributed by atoms with Crippen molar-refractivity contribution in [3.63, 3.8) is 0 Å². The first-order chi connectivity index (χ1) is 8.17. The van der Waals surface area contributed by atoms with Crippen LogP contribution in [0.5, 0.6) is 17.2 Å². The number of ketones is 1. The number of nitrogens with zero attached hydrogens (tertiary/aromatic N) is 2. The summed E-state index contributed by atoms with van der Waals surface area (Å²) in [6.45, 7) is 0. The molecule has 17 heavy (non-hydrogen) atoms. The predicted molar refractivity (Wildman–Crippen MR) is 60.1 cm³/mol. The quantitative estimate of drug-likeness (QED) is 0.333. The van der Waals surface area contributed by atoms with E-state index in [1.165, 1.54) is 21.3 Å². The summed E-state index contributed by atoms with van der Waals surface area (Å²) in [5.41, 5.74) is 8.54. The SMILES string of the molecule is COc1cc(OC)c(C(=O)C=[N+]=[N-])c(OC)c1. The highest BCUT2D eigenvalue weighted by Gasteiger charge is 2.21. The fourth-order valence-corrected chi connectivity index (χ4v) is 1.37.